The maximum Gasteiger partial charge on any atom is 0.0943 e. The van der Waals surface area contributed by atoms with Crippen LogP contribution >= 0.6 is 11.3 Å². The normalized spacial score (nSPS) is 14.2. The number of aromatic nitrogens is 1. The van der Waals surface area contributed by atoms with Crippen LogP contribution in [0.15, 0.2) is 5.38 Å². The Morgan fingerprint density at radius 1 is 1.47 bits per heavy atom. The molecule has 0 aliphatic carbocycles. The van der Waals surface area contributed by atoms with Crippen LogP contribution in [-0.2, 0) is 6.42 Å². The van der Waals surface area contributed by atoms with Crippen LogP contribution in [0.4, 0.5) is 0 Å². The number of hydrogen-bond acceptors (Lipinski definition) is 3. The predicted octanol–water partition coefficient (Wildman–Crippen LogP) is 3.02. The summed E-state index contributed by atoms with van der Waals surface area (Å²) in [7, 11) is 2.04. The Kier molecular flexibility index (Phi) is 4.29. The van der Waals surface area contributed by atoms with Gasteiger partial charge < -0.3 is 5.32 Å². The molecule has 0 aliphatic heterocycles. The van der Waals surface area contributed by atoms with Gasteiger partial charge >= 0.3 is 0 Å². The van der Waals surface area contributed by atoms with Crippen molar-refractivity contribution < 1.29 is 0 Å². The topological polar surface area (TPSA) is 24.9 Å². The molecule has 15 heavy (non-hydrogen) atoms. The van der Waals surface area contributed by atoms with Crippen molar-refractivity contribution in [1.29, 1.82) is 0 Å². The van der Waals surface area contributed by atoms with Gasteiger partial charge in [-0.2, -0.15) is 0 Å². The van der Waals surface area contributed by atoms with Crippen LogP contribution in [0.1, 0.15) is 37.9 Å². The summed E-state index contributed by atoms with van der Waals surface area (Å²) >= 11 is 1.77. The first-order valence-electron chi connectivity index (χ1n) is 5.49. The second-order valence-corrected chi connectivity index (χ2v) is 6.28. The molecular formula is C12H22N2S. The second kappa shape index (κ2) is 5.08. The van der Waals surface area contributed by atoms with Gasteiger partial charge in [0, 0.05) is 23.5 Å². The summed E-state index contributed by atoms with van der Waals surface area (Å²) in [6.45, 7) is 8.90. The zero-order chi connectivity index (χ0) is 11.5. The number of nitrogens with zero attached hydrogens (tertiary/aromatic N) is 1. The first kappa shape index (κ1) is 12.7. The molecule has 3 heteroatoms. The highest BCUT2D eigenvalue weighted by atomic mass is 32.1. The molecule has 1 aromatic heterocycles. The van der Waals surface area contributed by atoms with Crippen molar-refractivity contribution in [2.75, 3.05) is 7.05 Å². The number of thiazole rings is 1. The Morgan fingerprint density at radius 2 is 2.13 bits per heavy atom. The van der Waals surface area contributed by atoms with Gasteiger partial charge in [0.15, 0.2) is 0 Å². The Balaban J connectivity index is 2.54. The van der Waals surface area contributed by atoms with Crippen LogP contribution < -0.4 is 5.32 Å². The monoisotopic (exact) mass is 226 g/mol. The third-order valence-electron chi connectivity index (χ3n) is 2.35. The first-order chi connectivity index (χ1) is 6.90. The van der Waals surface area contributed by atoms with E-state index in [9.17, 15) is 0 Å². The fourth-order valence-electron chi connectivity index (χ4n) is 1.72. The van der Waals surface area contributed by atoms with Gasteiger partial charge in [-0.15, -0.1) is 11.3 Å². The Bertz CT molecular complexity index is 299. The van der Waals surface area contributed by atoms with E-state index >= 15 is 0 Å². The summed E-state index contributed by atoms with van der Waals surface area (Å²) in [6, 6.07) is 0.538. The van der Waals surface area contributed by atoms with Gasteiger partial charge in [-0.25, -0.2) is 4.98 Å². The molecular weight excluding hydrogens is 204 g/mol. The standard InChI is InChI=1S/C12H22N2S/c1-9-8-15-11(14-9)6-10(13-5)7-12(2,3)4/h8,10,13H,6-7H2,1-5H3. The number of nitrogens with one attached hydrogen (secondary N) is 1. The van der Waals surface area contributed by atoms with Gasteiger partial charge in [0.2, 0.25) is 0 Å². The van der Waals surface area contributed by atoms with Gasteiger partial charge in [-0.1, -0.05) is 20.8 Å². The van der Waals surface area contributed by atoms with Crippen molar-refractivity contribution >= 4 is 11.3 Å². The third kappa shape index (κ3) is 4.76. The van der Waals surface area contributed by atoms with E-state index in [1.807, 2.05) is 7.05 Å². The zero-order valence-electron chi connectivity index (χ0n) is 10.4. The molecule has 0 radical (unpaired) electrons. The minimum absolute atomic E-state index is 0.375. The molecule has 0 bridgehead atoms. The average molecular weight is 226 g/mol. The summed E-state index contributed by atoms with van der Waals surface area (Å²) in [6.07, 6.45) is 2.23. The van der Waals surface area contributed by atoms with Crippen molar-refractivity contribution in [1.82, 2.24) is 10.3 Å². The van der Waals surface area contributed by atoms with E-state index < -0.39 is 0 Å². The van der Waals surface area contributed by atoms with E-state index in [1.165, 1.54) is 11.4 Å². The lowest BCUT2D eigenvalue weighted by atomic mass is 9.87. The first-order valence-corrected chi connectivity index (χ1v) is 6.37. The molecule has 1 heterocycles. The summed E-state index contributed by atoms with van der Waals surface area (Å²) in [5.74, 6) is 0. The maximum absolute atomic E-state index is 4.51. The van der Waals surface area contributed by atoms with E-state index in [2.05, 4.69) is 43.4 Å². The third-order valence-corrected chi connectivity index (χ3v) is 3.34. The lowest BCUT2D eigenvalue weighted by Gasteiger charge is -2.25. The SMILES string of the molecule is CNC(Cc1nc(C)cs1)CC(C)(C)C. The highest BCUT2D eigenvalue weighted by Crippen LogP contribution is 2.23. The van der Waals surface area contributed by atoms with Gasteiger partial charge in [-0.05, 0) is 25.8 Å². The van der Waals surface area contributed by atoms with Crippen LogP contribution in [-0.4, -0.2) is 18.1 Å². The number of hydrogen-bond donors (Lipinski definition) is 1. The largest absolute Gasteiger partial charge is 0.317 e. The van der Waals surface area contributed by atoms with Crippen LogP contribution in [0.25, 0.3) is 0 Å². The van der Waals surface area contributed by atoms with Crippen molar-refractivity contribution in [2.45, 2.75) is 46.6 Å². The smallest absolute Gasteiger partial charge is 0.0943 e. The Hall–Kier alpha value is -0.410. The van der Waals surface area contributed by atoms with E-state index in [-0.39, 0.29) is 0 Å². The lowest BCUT2D eigenvalue weighted by Crippen LogP contribution is -2.31. The van der Waals surface area contributed by atoms with Crippen molar-refractivity contribution in [3.8, 4) is 0 Å². The molecule has 0 fully saturated rings. The molecule has 0 saturated heterocycles. The van der Waals surface area contributed by atoms with E-state index in [1.54, 1.807) is 11.3 Å². The van der Waals surface area contributed by atoms with Gasteiger partial charge in [-0.3, -0.25) is 0 Å². The van der Waals surface area contributed by atoms with E-state index in [0.29, 0.717) is 11.5 Å². The molecule has 0 saturated carbocycles. The number of rotatable bonds is 4. The van der Waals surface area contributed by atoms with Gasteiger partial charge in [0.1, 0.15) is 0 Å². The van der Waals surface area contributed by atoms with Crippen LogP contribution in [0.5, 0.6) is 0 Å². The molecule has 0 amide bonds. The minimum atomic E-state index is 0.375. The Morgan fingerprint density at radius 3 is 2.53 bits per heavy atom. The maximum atomic E-state index is 4.51. The van der Waals surface area contributed by atoms with Crippen LogP contribution in [0.2, 0.25) is 0 Å². The predicted molar refractivity (Wildman–Crippen MR) is 67.5 cm³/mol. The lowest BCUT2D eigenvalue weighted by molar-refractivity contribution is 0.315. The summed E-state index contributed by atoms with van der Waals surface area (Å²) < 4.78 is 0. The zero-order valence-corrected chi connectivity index (χ0v) is 11.2. The molecule has 1 rings (SSSR count). The average Bonchev–Trinajstić information content (AvgIpc) is 2.47. The van der Waals surface area contributed by atoms with E-state index in [4.69, 9.17) is 0 Å². The fourth-order valence-corrected chi connectivity index (χ4v) is 2.58. The number of likely N-dealkylation sites (N-methyl/N-ethyl adjacent to an activating group) is 1. The van der Waals surface area contributed by atoms with Crippen LogP contribution in [0.3, 0.4) is 0 Å². The summed E-state index contributed by atoms with van der Waals surface area (Å²) in [5, 5.41) is 6.75. The molecule has 2 nitrogen and oxygen atoms in total. The molecule has 86 valence electrons. The Labute approximate surface area is 97.1 Å². The molecule has 1 unspecified atom stereocenters. The van der Waals surface area contributed by atoms with Crippen molar-refractivity contribution in [3.05, 3.63) is 16.1 Å². The highest BCUT2D eigenvalue weighted by molar-refractivity contribution is 7.09. The quantitative estimate of drug-likeness (QED) is 0.853. The molecule has 0 aliphatic rings. The highest BCUT2D eigenvalue weighted by Gasteiger charge is 2.18. The molecule has 1 aromatic rings. The molecule has 1 atom stereocenters. The minimum Gasteiger partial charge on any atom is -0.317 e. The van der Waals surface area contributed by atoms with Gasteiger partial charge in [0.05, 0.1) is 5.01 Å². The second-order valence-electron chi connectivity index (χ2n) is 5.34. The number of aryl methyl sites for hydroxylation is 1. The van der Waals surface area contributed by atoms with Crippen molar-refractivity contribution in [3.63, 3.8) is 0 Å². The summed E-state index contributed by atoms with van der Waals surface area (Å²) in [4.78, 5) is 4.51. The van der Waals surface area contributed by atoms with Crippen molar-refractivity contribution in [2.24, 2.45) is 5.41 Å². The fraction of sp³-hybridized carbons (Fsp3) is 0.750. The molecule has 0 aromatic carbocycles. The summed E-state index contributed by atoms with van der Waals surface area (Å²) in [5.41, 5.74) is 1.51. The molecule has 0 spiro atoms. The van der Waals surface area contributed by atoms with E-state index in [0.717, 1.165) is 12.1 Å². The van der Waals surface area contributed by atoms with Gasteiger partial charge in [0.25, 0.3) is 0 Å². The molecule has 1 N–H and O–H groups in total. The van der Waals surface area contributed by atoms with Crippen LogP contribution in [0, 0.1) is 12.3 Å².